The number of hydrogen-bond donors (Lipinski definition) is 1. The van der Waals surface area contributed by atoms with E-state index in [-0.39, 0.29) is 16.6 Å². The van der Waals surface area contributed by atoms with Gasteiger partial charge in [0.25, 0.3) is 5.56 Å². The van der Waals surface area contributed by atoms with E-state index in [9.17, 15) is 9.59 Å². The fourth-order valence-corrected chi connectivity index (χ4v) is 2.08. The summed E-state index contributed by atoms with van der Waals surface area (Å²) in [4.78, 5) is 23.7. The van der Waals surface area contributed by atoms with E-state index < -0.39 is 11.5 Å². The molecule has 0 unspecified atom stereocenters. The standard InChI is InChI=1S/C12H7Cl4N3O2/c13-6-1-2-7(14)9(3-6)18-10(20)5-19-12(21)11(16)8(15)4-17-19/h1-4H,5H2,(H,18,20). The molecule has 1 aromatic heterocycles. The van der Waals surface area contributed by atoms with Gasteiger partial charge in [-0.3, -0.25) is 9.59 Å². The predicted octanol–water partition coefficient (Wildman–Crippen LogP) is 3.50. The highest BCUT2D eigenvalue weighted by atomic mass is 35.5. The number of carbonyl (C=O) groups is 1. The lowest BCUT2D eigenvalue weighted by molar-refractivity contribution is -0.117. The van der Waals surface area contributed by atoms with E-state index in [0.717, 1.165) is 4.68 Å². The van der Waals surface area contributed by atoms with Gasteiger partial charge in [-0.2, -0.15) is 5.10 Å². The summed E-state index contributed by atoms with van der Waals surface area (Å²) in [5.74, 6) is -0.507. The van der Waals surface area contributed by atoms with Gasteiger partial charge >= 0.3 is 0 Å². The van der Waals surface area contributed by atoms with Crippen LogP contribution in [0.4, 0.5) is 5.69 Å². The SMILES string of the molecule is O=C(Cn1ncc(Cl)c(Cl)c1=O)Nc1cc(Cl)ccc1Cl. The molecule has 0 bridgehead atoms. The molecule has 0 fully saturated rings. The molecule has 1 aromatic carbocycles. The quantitative estimate of drug-likeness (QED) is 0.904. The van der Waals surface area contributed by atoms with Crippen molar-refractivity contribution in [2.45, 2.75) is 6.54 Å². The average molecular weight is 367 g/mol. The lowest BCUT2D eigenvalue weighted by Crippen LogP contribution is -2.29. The van der Waals surface area contributed by atoms with E-state index >= 15 is 0 Å². The zero-order valence-electron chi connectivity index (χ0n) is 10.2. The van der Waals surface area contributed by atoms with Crippen molar-refractivity contribution in [2.75, 3.05) is 5.32 Å². The van der Waals surface area contributed by atoms with Crippen LogP contribution in [0.3, 0.4) is 0 Å². The summed E-state index contributed by atoms with van der Waals surface area (Å²) < 4.78 is 0.891. The number of benzene rings is 1. The van der Waals surface area contributed by atoms with Crippen LogP contribution in [0.25, 0.3) is 0 Å². The number of rotatable bonds is 3. The molecule has 110 valence electrons. The molecule has 0 aliphatic rings. The first-order chi connectivity index (χ1) is 9.88. The number of nitrogens with one attached hydrogen (secondary N) is 1. The Hall–Kier alpha value is -1.27. The highest BCUT2D eigenvalue weighted by Crippen LogP contribution is 2.25. The maximum Gasteiger partial charge on any atom is 0.287 e. The maximum atomic E-state index is 11.9. The predicted molar refractivity (Wildman–Crippen MR) is 83.6 cm³/mol. The van der Waals surface area contributed by atoms with Crippen molar-refractivity contribution < 1.29 is 4.79 Å². The molecule has 5 nitrogen and oxygen atoms in total. The van der Waals surface area contributed by atoms with Gasteiger partial charge in [-0.15, -0.1) is 0 Å². The largest absolute Gasteiger partial charge is 0.323 e. The van der Waals surface area contributed by atoms with Crippen LogP contribution in [0.5, 0.6) is 0 Å². The molecule has 1 heterocycles. The molecular formula is C12H7Cl4N3O2. The highest BCUT2D eigenvalue weighted by molar-refractivity contribution is 6.41. The molecule has 0 spiro atoms. The van der Waals surface area contributed by atoms with Crippen molar-refractivity contribution in [3.63, 3.8) is 0 Å². The fourth-order valence-electron chi connectivity index (χ4n) is 1.48. The molecule has 0 saturated carbocycles. The minimum atomic E-state index is -0.656. The van der Waals surface area contributed by atoms with Gasteiger partial charge < -0.3 is 5.32 Å². The van der Waals surface area contributed by atoms with E-state index in [1.807, 2.05) is 0 Å². The molecule has 21 heavy (non-hydrogen) atoms. The Morgan fingerprint density at radius 3 is 2.62 bits per heavy atom. The zero-order chi connectivity index (χ0) is 15.6. The van der Waals surface area contributed by atoms with E-state index in [1.165, 1.54) is 12.3 Å². The number of aromatic nitrogens is 2. The van der Waals surface area contributed by atoms with Gasteiger partial charge in [0.05, 0.1) is 21.9 Å². The monoisotopic (exact) mass is 365 g/mol. The van der Waals surface area contributed by atoms with Crippen molar-refractivity contribution in [1.82, 2.24) is 9.78 Å². The molecular weight excluding hydrogens is 360 g/mol. The molecule has 2 aromatic rings. The van der Waals surface area contributed by atoms with Crippen LogP contribution in [0, 0.1) is 0 Å². The summed E-state index contributed by atoms with van der Waals surface area (Å²) in [5, 5.41) is 6.83. The second-order valence-electron chi connectivity index (χ2n) is 3.94. The number of amides is 1. The molecule has 0 radical (unpaired) electrons. The number of halogens is 4. The summed E-state index contributed by atoms with van der Waals surface area (Å²) in [7, 11) is 0. The van der Waals surface area contributed by atoms with Crippen molar-refractivity contribution >= 4 is 58.0 Å². The Morgan fingerprint density at radius 1 is 1.19 bits per heavy atom. The molecule has 9 heteroatoms. The minimum Gasteiger partial charge on any atom is -0.323 e. The van der Waals surface area contributed by atoms with Gasteiger partial charge in [0, 0.05) is 5.02 Å². The Morgan fingerprint density at radius 2 is 1.90 bits per heavy atom. The minimum absolute atomic E-state index is 0.0243. The van der Waals surface area contributed by atoms with Crippen LogP contribution in [-0.2, 0) is 11.3 Å². The topological polar surface area (TPSA) is 64.0 Å². The maximum absolute atomic E-state index is 11.9. The van der Waals surface area contributed by atoms with Crippen LogP contribution in [0.1, 0.15) is 0 Å². The molecule has 1 amide bonds. The Bertz CT molecular complexity index is 761. The Balaban J connectivity index is 2.18. The third-order valence-electron chi connectivity index (χ3n) is 2.44. The first-order valence-electron chi connectivity index (χ1n) is 5.54. The number of hydrogen-bond acceptors (Lipinski definition) is 3. The first-order valence-corrected chi connectivity index (χ1v) is 7.05. The van der Waals surface area contributed by atoms with E-state index in [0.29, 0.717) is 15.7 Å². The van der Waals surface area contributed by atoms with Crippen molar-refractivity contribution in [3.8, 4) is 0 Å². The van der Waals surface area contributed by atoms with Crippen molar-refractivity contribution in [3.05, 3.63) is 54.8 Å². The van der Waals surface area contributed by atoms with Crippen LogP contribution in [0.2, 0.25) is 20.1 Å². The van der Waals surface area contributed by atoms with Crippen LogP contribution in [-0.4, -0.2) is 15.7 Å². The van der Waals surface area contributed by atoms with E-state index in [1.54, 1.807) is 12.1 Å². The fraction of sp³-hybridized carbons (Fsp3) is 0.0833. The first kappa shape index (κ1) is 16.1. The third kappa shape index (κ3) is 3.89. The van der Waals surface area contributed by atoms with Gasteiger partial charge in [0.15, 0.2) is 0 Å². The van der Waals surface area contributed by atoms with Crippen LogP contribution >= 0.6 is 46.4 Å². The average Bonchev–Trinajstić information content (AvgIpc) is 2.43. The summed E-state index contributed by atoms with van der Waals surface area (Å²) in [6, 6.07) is 4.63. The molecule has 0 saturated heterocycles. The second kappa shape index (κ2) is 6.66. The van der Waals surface area contributed by atoms with Crippen LogP contribution in [0.15, 0.2) is 29.2 Å². The van der Waals surface area contributed by atoms with Gasteiger partial charge in [-0.1, -0.05) is 46.4 Å². The molecule has 1 N–H and O–H groups in total. The Labute approximate surface area is 139 Å². The number of nitrogens with zero attached hydrogens (tertiary/aromatic N) is 2. The van der Waals surface area contributed by atoms with Gasteiger partial charge in [0.1, 0.15) is 11.6 Å². The number of carbonyl (C=O) groups excluding carboxylic acids is 1. The molecule has 0 aliphatic heterocycles. The van der Waals surface area contributed by atoms with Crippen molar-refractivity contribution in [1.29, 1.82) is 0 Å². The second-order valence-corrected chi connectivity index (χ2v) is 5.57. The molecule has 0 aliphatic carbocycles. The van der Waals surface area contributed by atoms with Gasteiger partial charge in [-0.25, -0.2) is 4.68 Å². The molecule has 2 rings (SSSR count). The van der Waals surface area contributed by atoms with Gasteiger partial charge in [0.2, 0.25) is 5.91 Å². The highest BCUT2D eigenvalue weighted by Gasteiger charge is 2.12. The summed E-state index contributed by atoms with van der Waals surface area (Å²) >= 11 is 23.1. The molecule has 0 atom stereocenters. The smallest absolute Gasteiger partial charge is 0.287 e. The van der Waals surface area contributed by atoms with Gasteiger partial charge in [-0.05, 0) is 18.2 Å². The normalized spacial score (nSPS) is 10.5. The summed E-state index contributed by atoms with van der Waals surface area (Å²) in [5.41, 5.74) is -0.321. The number of anilines is 1. The third-order valence-corrected chi connectivity index (χ3v) is 3.75. The lowest BCUT2D eigenvalue weighted by Gasteiger charge is -2.09. The van der Waals surface area contributed by atoms with Crippen molar-refractivity contribution in [2.24, 2.45) is 0 Å². The van der Waals surface area contributed by atoms with E-state index in [2.05, 4.69) is 10.4 Å². The Kier molecular flexibility index (Phi) is 5.11. The summed E-state index contributed by atoms with van der Waals surface area (Å²) in [6.45, 7) is -0.335. The van der Waals surface area contributed by atoms with E-state index in [4.69, 9.17) is 46.4 Å². The lowest BCUT2D eigenvalue weighted by atomic mass is 10.3. The van der Waals surface area contributed by atoms with Crippen LogP contribution < -0.4 is 10.9 Å². The summed E-state index contributed by atoms with van der Waals surface area (Å²) in [6.07, 6.45) is 1.19. The zero-order valence-corrected chi connectivity index (χ0v) is 13.3.